The summed E-state index contributed by atoms with van der Waals surface area (Å²) < 4.78 is 30.4. The lowest BCUT2D eigenvalue weighted by Crippen LogP contribution is -2.25. The zero-order valence-corrected chi connectivity index (χ0v) is 16.9. The maximum absolute atomic E-state index is 13.2. The minimum atomic E-state index is -3.36. The van der Waals surface area contributed by atoms with Crippen molar-refractivity contribution in [2.45, 2.75) is 53.1 Å². The molecule has 1 aromatic rings. The van der Waals surface area contributed by atoms with Crippen molar-refractivity contribution >= 4 is 21.9 Å². The van der Waals surface area contributed by atoms with Crippen molar-refractivity contribution in [2.75, 3.05) is 13.2 Å². The first-order chi connectivity index (χ1) is 10.2. The summed E-state index contributed by atoms with van der Waals surface area (Å²) >= 11 is 0. The third-order valence-electron chi connectivity index (χ3n) is 3.05. The summed E-state index contributed by atoms with van der Waals surface area (Å²) in [5, 5.41) is 0.546. The lowest BCUT2D eigenvalue weighted by Gasteiger charge is -2.28. The third kappa shape index (κ3) is 4.69. The first kappa shape index (κ1) is 19.4. The summed E-state index contributed by atoms with van der Waals surface area (Å²) in [5.41, 5.74) is 0.920. The summed E-state index contributed by atoms with van der Waals surface area (Å²) in [5.74, 6) is 0.682. The molecule has 0 N–H and O–H groups in total. The first-order valence-corrected chi connectivity index (χ1v) is 12.2. The highest BCUT2D eigenvalue weighted by atomic mass is 31.2. The van der Waals surface area contributed by atoms with E-state index in [1.165, 1.54) is 0 Å². The van der Waals surface area contributed by atoms with E-state index in [1.807, 2.05) is 26.0 Å². The smallest absolute Gasteiger partial charge is 0.365 e. The molecule has 1 aromatic carbocycles. The zero-order chi connectivity index (χ0) is 17.0. The van der Waals surface area contributed by atoms with Crippen LogP contribution in [0.4, 0.5) is 0 Å². The molecule has 4 nitrogen and oxygen atoms in total. The minimum absolute atomic E-state index is 0.113. The molecule has 0 aromatic heterocycles. The van der Waals surface area contributed by atoms with Gasteiger partial charge in [-0.25, -0.2) is 0 Å². The standard InChI is InChI=1S/C16H29O4PSi/c1-8-18-21(17,19-9-2)14-12-10-11-13(16(3,4)5)15(14)20-22(6)7/h10-12,22H,8-9H2,1-7H3. The molecule has 0 spiro atoms. The summed E-state index contributed by atoms with van der Waals surface area (Å²) in [6.07, 6.45) is 0. The quantitative estimate of drug-likeness (QED) is 0.548. The SMILES string of the molecule is CCOP(=O)(OCC)c1cccc(C(C)(C)C)c1O[SiH](C)C. The van der Waals surface area contributed by atoms with Crippen LogP contribution in [0.3, 0.4) is 0 Å². The molecule has 22 heavy (non-hydrogen) atoms. The van der Waals surface area contributed by atoms with Crippen LogP contribution in [0.1, 0.15) is 40.2 Å². The largest absolute Gasteiger partial charge is 0.546 e. The Morgan fingerprint density at radius 3 is 2.05 bits per heavy atom. The van der Waals surface area contributed by atoms with E-state index >= 15 is 0 Å². The van der Waals surface area contributed by atoms with E-state index in [2.05, 4.69) is 33.9 Å². The van der Waals surface area contributed by atoms with Gasteiger partial charge in [0, 0.05) is 0 Å². The summed E-state index contributed by atoms with van der Waals surface area (Å²) in [7, 11) is -4.73. The molecule has 0 heterocycles. The Balaban J connectivity index is 3.54. The molecule has 0 amide bonds. The highest BCUT2D eigenvalue weighted by molar-refractivity contribution is 7.62. The molecule has 126 valence electrons. The van der Waals surface area contributed by atoms with Gasteiger partial charge in [-0.2, -0.15) is 0 Å². The second-order valence-corrected chi connectivity index (χ2v) is 10.7. The van der Waals surface area contributed by atoms with Crippen LogP contribution in [0.5, 0.6) is 5.75 Å². The molecular weight excluding hydrogens is 315 g/mol. The van der Waals surface area contributed by atoms with Gasteiger partial charge in [0.25, 0.3) is 0 Å². The van der Waals surface area contributed by atoms with Crippen LogP contribution >= 0.6 is 7.60 Å². The Hall–Kier alpha value is -0.613. The van der Waals surface area contributed by atoms with E-state index in [0.29, 0.717) is 24.3 Å². The molecule has 0 saturated carbocycles. The molecule has 0 aliphatic heterocycles. The van der Waals surface area contributed by atoms with Crippen molar-refractivity contribution in [3.05, 3.63) is 23.8 Å². The van der Waals surface area contributed by atoms with Gasteiger partial charge in [0.15, 0.2) is 0 Å². The van der Waals surface area contributed by atoms with E-state index < -0.39 is 16.6 Å². The number of hydrogen-bond donors (Lipinski definition) is 0. The Bertz CT molecular complexity index is 527. The Morgan fingerprint density at radius 1 is 1.09 bits per heavy atom. The van der Waals surface area contributed by atoms with E-state index in [0.717, 1.165) is 5.56 Å². The van der Waals surface area contributed by atoms with Gasteiger partial charge < -0.3 is 13.5 Å². The normalized spacial score (nSPS) is 12.7. The topological polar surface area (TPSA) is 44.8 Å². The number of benzene rings is 1. The molecule has 6 heteroatoms. The average molecular weight is 344 g/mol. The maximum Gasteiger partial charge on any atom is 0.365 e. The summed E-state index contributed by atoms with van der Waals surface area (Å²) in [4.78, 5) is 0. The molecular formula is C16H29O4PSi. The van der Waals surface area contributed by atoms with Crippen molar-refractivity contribution in [3.8, 4) is 5.75 Å². The highest BCUT2D eigenvalue weighted by Gasteiger charge is 2.34. The monoisotopic (exact) mass is 344 g/mol. The van der Waals surface area contributed by atoms with Crippen LogP contribution in [0.25, 0.3) is 0 Å². The molecule has 0 fully saturated rings. The predicted molar refractivity (Wildman–Crippen MR) is 95.1 cm³/mol. The van der Waals surface area contributed by atoms with E-state index in [1.54, 1.807) is 6.07 Å². The maximum atomic E-state index is 13.2. The molecule has 0 aliphatic carbocycles. The fourth-order valence-corrected chi connectivity index (χ4v) is 4.75. The van der Waals surface area contributed by atoms with Crippen molar-refractivity contribution in [1.29, 1.82) is 0 Å². The van der Waals surface area contributed by atoms with E-state index in [4.69, 9.17) is 13.5 Å². The average Bonchev–Trinajstić information content (AvgIpc) is 2.37. The Morgan fingerprint density at radius 2 is 1.64 bits per heavy atom. The van der Waals surface area contributed by atoms with Crippen molar-refractivity contribution in [3.63, 3.8) is 0 Å². The van der Waals surface area contributed by atoms with Gasteiger partial charge in [-0.1, -0.05) is 32.9 Å². The van der Waals surface area contributed by atoms with Crippen molar-refractivity contribution in [1.82, 2.24) is 0 Å². The lowest BCUT2D eigenvalue weighted by atomic mass is 9.86. The van der Waals surface area contributed by atoms with Gasteiger partial charge in [0.2, 0.25) is 9.04 Å². The molecule has 0 bridgehead atoms. The van der Waals surface area contributed by atoms with Gasteiger partial charge in [-0.3, -0.25) is 4.57 Å². The highest BCUT2D eigenvalue weighted by Crippen LogP contribution is 2.50. The van der Waals surface area contributed by atoms with Crippen LogP contribution in [0.15, 0.2) is 18.2 Å². The van der Waals surface area contributed by atoms with Crippen LogP contribution in [-0.4, -0.2) is 22.3 Å². The number of hydrogen-bond acceptors (Lipinski definition) is 4. The predicted octanol–water partition coefficient (Wildman–Crippen LogP) is 4.24. The molecule has 0 atom stereocenters. The van der Waals surface area contributed by atoms with E-state index in [9.17, 15) is 4.57 Å². The molecule has 0 unspecified atom stereocenters. The van der Waals surface area contributed by atoms with Crippen molar-refractivity contribution < 1.29 is 18.0 Å². The van der Waals surface area contributed by atoms with Gasteiger partial charge >= 0.3 is 7.60 Å². The molecule has 1 rings (SSSR count). The summed E-state index contributed by atoms with van der Waals surface area (Å²) in [6.45, 7) is 14.8. The fraction of sp³-hybridized carbons (Fsp3) is 0.625. The number of para-hydroxylation sites is 1. The Labute approximate surface area is 136 Å². The zero-order valence-electron chi connectivity index (χ0n) is 14.8. The van der Waals surface area contributed by atoms with Gasteiger partial charge in [0.05, 0.1) is 13.2 Å². The second kappa shape index (κ2) is 7.78. The third-order valence-corrected chi connectivity index (χ3v) is 5.89. The molecule has 0 radical (unpaired) electrons. The van der Waals surface area contributed by atoms with E-state index in [-0.39, 0.29) is 5.41 Å². The molecule has 0 aliphatic rings. The Kier molecular flexibility index (Phi) is 6.87. The minimum Gasteiger partial charge on any atom is -0.546 e. The van der Waals surface area contributed by atoms with Crippen LogP contribution < -0.4 is 9.73 Å². The second-order valence-electron chi connectivity index (χ2n) is 6.40. The first-order valence-electron chi connectivity index (χ1n) is 7.85. The van der Waals surface area contributed by atoms with Crippen LogP contribution in [0.2, 0.25) is 13.1 Å². The van der Waals surface area contributed by atoms with Crippen LogP contribution in [0, 0.1) is 0 Å². The van der Waals surface area contributed by atoms with Crippen molar-refractivity contribution in [2.24, 2.45) is 0 Å². The number of rotatable bonds is 7. The van der Waals surface area contributed by atoms with Gasteiger partial charge in [-0.05, 0) is 44.0 Å². The van der Waals surface area contributed by atoms with Crippen LogP contribution in [-0.2, 0) is 19.0 Å². The molecule has 0 saturated heterocycles. The van der Waals surface area contributed by atoms with Gasteiger partial charge in [-0.15, -0.1) is 0 Å². The van der Waals surface area contributed by atoms with Gasteiger partial charge in [0.1, 0.15) is 11.1 Å². The summed E-state index contributed by atoms with van der Waals surface area (Å²) in [6, 6.07) is 5.72. The lowest BCUT2D eigenvalue weighted by molar-refractivity contribution is 0.229. The fourth-order valence-electron chi connectivity index (χ4n) is 2.21.